The second-order valence-electron chi connectivity index (χ2n) is 4.93. The molecule has 0 radical (unpaired) electrons. The molecule has 0 bridgehead atoms. The molecule has 0 aromatic carbocycles. The van der Waals surface area contributed by atoms with E-state index >= 15 is 0 Å². The van der Waals surface area contributed by atoms with E-state index in [1.807, 2.05) is 0 Å². The van der Waals surface area contributed by atoms with Crippen molar-refractivity contribution in [3.8, 4) is 0 Å². The third kappa shape index (κ3) is 3.23. The summed E-state index contributed by atoms with van der Waals surface area (Å²) in [5.74, 6) is -0.518. The molecule has 2 aliphatic rings. The van der Waals surface area contributed by atoms with Gasteiger partial charge in [0.1, 0.15) is 10.9 Å². The molecule has 1 saturated carbocycles. The molecule has 0 spiro atoms. The molecule has 0 aromatic heterocycles. The van der Waals surface area contributed by atoms with E-state index in [-0.39, 0.29) is 17.7 Å². The maximum Gasteiger partial charge on any atom is 0.323 e. The van der Waals surface area contributed by atoms with Crippen molar-refractivity contribution in [2.45, 2.75) is 43.8 Å². The third-order valence-corrected chi connectivity index (χ3v) is 5.18. The Labute approximate surface area is 116 Å². The van der Waals surface area contributed by atoms with E-state index < -0.39 is 5.97 Å². The Balaban J connectivity index is 1.92. The maximum atomic E-state index is 12.1. The van der Waals surface area contributed by atoms with Crippen molar-refractivity contribution < 1.29 is 14.7 Å². The fraction of sp³-hybridized carbons (Fsp3) is 0.750. The van der Waals surface area contributed by atoms with Crippen molar-refractivity contribution in [3.63, 3.8) is 0 Å². The number of thioether (sulfide) groups is 1. The molecular weight excluding hydrogens is 270 g/mol. The van der Waals surface area contributed by atoms with E-state index in [2.05, 4.69) is 0 Å². The number of carboxylic acids is 1. The van der Waals surface area contributed by atoms with Gasteiger partial charge in [-0.15, -0.1) is 0 Å². The van der Waals surface area contributed by atoms with Gasteiger partial charge in [-0.05, 0) is 12.3 Å². The van der Waals surface area contributed by atoms with Crippen molar-refractivity contribution >= 4 is 40.2 Å². The van der Waals surface area contributed by atoms with Crippen molar-refractivity contribution in [1.82, 2.24) is 4.90 Å². The SMILES string of the molecule is O=C(O)CN1C(=O)C(CC2CCCCC2)SC1=S. The van der Waals surface area contributed by atoms with Gasteiger partial charge in [-0.3, -0.25) is 14.5 Å². The third-order valence-electron chi connectivity index (χ3n) is 3.57. The fourth-order valence-electron chi connectivity index (χ4n) is 2.65. The summed E-state index contributed by atoms with van der Waals surface area (Å²) in [5.41, 5.74) is 0. The van der Waals surface area contributed by atoms with Crippen LogP contribution in [0.4, 0.5) is 0 Å². The van der Waals surface area contributed by atoms with Gasteiger partial charge in [0.15, 0.2) is 0 Å². The molecule has 1 saturated heterocycles. The maximum absolute atomic E-state index is 12.1. The molecule has 100 valence electrons. The molecule has 4 nitrogen and oxygen atoms in total. The average Bonchev–Trinajstić information content (AvgIpc) is 2.58. The summed E-state index contributed by atoms with van der Waals surface area (Å²) in [6.45, 7) is -0.300. The van der Waals surface area contributed by atoms with Crippen molar-refractivity contribution in [3.05, 3.63) is 0 Å². The molecule has 18 heavy (non-hydrogen) atoms. The molecule has 2 rings (SSSR count). The molecule has 6 heteroatoms. The van der Waals surface area contributed by atoms with E-state index in [1.165, 1.54) is 48.8 Å². The van der Waals surface area contributed by atoms with Crippen LogP contribution in [0.1, 0.15) is 38.5 Å². The molecule has 1 aliphatic heterocycles. The minimum atomic E-state index is -1.01. The summed E-state index contributed by atoms with van der Waals surface area (Å²) in [4.78, 5) is 24.0. The second kappa shape index (κ2) is 6.02. The van der Waals surface area contributed by atoms with Crippen LogP contribution in [0, 0.1) is 5.92 Å². The van der Waals surface area contributed by atoms with Gasteiger partial charge in [0, 0.05) is 0 Å². The number of amides is 1. The first-order valence-corrected chi connectivity index (χ1v) is 7.60. The lowest BCUT2D eigenvalue weighted by Gasteiger charge is -2.23. The Bertz CT molecular complexity index is 366. The summed E-state index contributed by atoms with van der Waals surface area (Å²) >= 11 is 6.45. The summed E-state index contributed by atoms with van der Waals surface area (Å²) < 4.78 is 0.420. The molecule has 0 aromatic rings. The Kier molecular flexibility index (Phi) is 4.61. The molecule has 2 fully saturated rings. The van der Waals surface area contributed by atoms with Gasteiger partial charge < -0.3 is 5.11 Å². The van der Waals surface area contributed by atoms with Crippen LogP contribution in [0.2, 0.25) is 0 Å². The van der Waals surface area contributed by atoms with Crippen molar-refractivity contribution in [2.75, 3.05) is 6.54 Å². The highest BCUT2D eigenvalue weighted by molar-refractivity contribution is 8.24. The van der Waals surface area contributed by atoms with Crippen LogP contribution < -0.4 is 0 Å². The lowest BCUT2D eigenvalue weighted by molar-refractivity contribution is -0.141. The lowest BCUT2D eigenvalue weighted by atomic mass is 9.86. The van der Waals surface area contributed by atoms with Crippen molar-refractivity contribution in [1.29, 1.82) is 0 Å². The van der Waals surface area contributed by atoms with Crippen LogP contribution in [-0.4, -0.2) is 38.0 Å². The van der Waals surface area contributed by atoms with Gasteiger partial charge in [0.05, 0.1) is 5.25 Å². The predicted octanol–water partition coefficient (Wildman–Crippen LogP) is 2.27. The largest absolute Gasteiger partial charge is 0.480 e. The molecule has 1 unspecified atom stereocenters. The van der Waals surface area contributed by atoms with Gasteiger partial charge >= 0.3 is 5.97 Å². The number of nitrogens with zero attached hydrogens (tertiary/aromatic N) is 1. The minimum Gasteiger partial charge on any atom is -0.480 e. The van der Waals surface area contributed by atoms with E-state index in [9.17, 15) is 9.59 Å². The number of thiocarbonyl (C=S) groups is 1. The average molecular weight is 287 g/mol. The number of carbonyl (C=O) groups is 2. The quantitative estimate of drug-likeness (QED) is 0.804. The van der Waals surface area contributed by atoms with Gasteiger partial charge in [-0.1, -0.05) is 56.1 Å². The predicted molar refractivity (Wildman–Crippen MR) is 74.5 cm³/mol. The van der Waals surface area contributed by atoms with Crippen LogP contribution in [0.25, 0.3) is 0 Å². The smallest absolute Gasteiger partial charge is 0.323 e. The number of carbonyl (C=O) groups excluding carboxylic acids is 1. The Morgan fingerprint density at radius 3 is 2.67 bits per heavy atom. The number of carboxylic acid groups (broad SMARTS) is 1. The molecule has 1 amide bonds. The highest BCUT2D eigenvalue weighted by Crippen LogP contribution is 2.36. The zero-order valence-electron chi connectivity index (χ0n) is 10.1. The van der Waals surface area contributed by atoms with Crippen LogP contribution in [0.3, 0.4) is 0 Å². The van der Waals surface area contributed by atoms with Gasteiger partial charge in [-0.2, -0.15) is 0 Å². The molecule has 1 aliphatic carbocycles. The van der Waals surface area contributed by atoms with Crippen LogP contribution in [0.15, 0.2) is 0 Å². The lowest BCUT2D eigenvalue weighted by Crippen LogP contribution is -2.36. The van der Waals surface area contributed by atoms with E-state index in [4.69, 9.17) is 17.3 Å². The first-order chi connectivity index (χ1) is 8.58. The highest BCUT2D eigenvalue weighted by Gasteiger charge is 2.38. The summed E-state index contributed by atoms with van der Waals surface area (Å²) in [5, 5.41) is 8.60. The van der Waals surface area contributed by atoms with Gasteiger partial charge in [-0.25, -0.2) is 0 Å². The molecule has 1 N–H and O–H groups in total. The Morgan fingerprint density at radius 1 is 1.39 bits per heavy atom. The Hall–Kier alpha value is -0.620. The number of rotatable bonds is 4. The zero-order chi connectivity index (χ0) is 13.1. The molecular formula is C12H17NO3S2. The fourth-order valence-corrected chi connectivity index (χ4v) is 4.28. The summed E-state index contributed by atoms with van der Waals surface area (Å²) in [7, 11) is 0. The summed E-state index contributed by atoms with van der Waals surface area (Å²) in [6, 6.07) is 0. The topological polar surface area (TPSA) is 57.6 Å². The zero-order valence-corrected chi connectivity index (χ0v) is 11.8. The van der Waals surface area contributed by atoms with Gasteiger partial charge in [0.25, 0.3) is 0 Å². The van der Waals surface area contributed by atoms with E-state index in [0.29, 0.717) is 10.2 Å². The molecule has 1 atom stereocenters. The summed E-state index contributed by atoms with van der Waals surface area (Å²) in [6.07, 6.45) is 7.02. The van der Waals surface area contributed by atoms with Crippen LogP contribution in [-0.2, 0) is 9.59 Å². The van der Waals surface area contributed by atoms with Crippen LogP contribution in [0.5, 0.6) is 0 Å². The van der Waals surface area contributed by atoms with Crippen LogP contribution >= 0.6 is 24.0 Å². The monoisotopic (exact) mass is 287 g/mol. The van der Waals surface area contributed by atoms with Crippen molar-refractivity contribution in [2.24, 2.45) is 5.92 Å². The highest BCUT2D eigenvalue weighted by atomic mass is 32.2. The van der Waals surface area contributed by atoms with E-state index in [1.54, 1.807) is 0 Å². The number of hydrogen-bond donors (Lipinski definition) is 1. The number of hydrogen-bond acceptors (Lipinski definition) is 4. The second-order valence-corrected chi connectivity index (χ2v) is 6.77. The standard InChI is InChI=1S/C12H17NO3S2/c14-10(15)7-13-11(16)9(18-12(13)17)6-8-4-2-1-3-5-8/h8-9H,1-7H2,(H,14,15). The van der Waals surface area contributed by atoms with Gasteiger partial charge in [0.2, 0.25) is 5.91 Å². The Morgan fingerprint density at radius 2 is 2.06 bits per heavy atom. The minimum absolute atomic E-state index is 0.113. The van der Waals surface area contributed by atoms with E-state index in [0.717, 1.165) is 6.42 Å². The first kappa shape index (κ1) is 13.8. The molecule has 1 heterocycles. The first-order valence-electron chi connectivity index (χ1n) is 6.31. The normalized spacial score (nSPS) is 25.8. The number of aliphatic carboxylic acids is 1.